The third-order valence-corrected chi connectivity index (χ3v) is 6.48. The number of ether oxygens (including phenoxy) is 1. The molecular formula is C25H25ClFN5O2. The van der Waals surface area contributed by atoms with Crippen LogP contribution < -0.4 is 5.56 Å². The first-order chi connectivity index (χ1) is 16.5. The third-order valence-electron chi connectivity index (χ3n) is 6.24. The zero-order valence-electron chi connectivity index (χ0n) is 18.8. The molecule has 1 saturated carbocycles. The first-order valence-corrected chi connectivity index (χ1v) is 11.8. The van der Waals surface area contributed by atoms with Gasteiger partial charge in [-0.1, -0.05) is 11.6 Å². The standard InChI is InChI=1S/C19H17ClFN3O2.C6H8N2/c1-24-19(25)18-15(10-22-24)14(13-3-2-12(20)8-16(13)21)9-17(23-18)11-4-6-26-7-5-11;1-4-7-8(5-1)6-2-3-6/h2-3,8-11H,4-7H2,1H3;1,4-6H,2-3H2. The fourth-order valence-electron chi connectivity index (χ4n) is 4.19. The number of fused-ring (bicyclic) bond motifs is 1. The van der Waals surface area contributed by atoms with E-state index in [2.05, 4.69) is 15.2 Å². The molecular weight excluding hydrogens is 457 g/mol. The Morgan fingerprint density at radius 2 is 1.88 bits per heavy atom. The number of hydrogen-bond acceptors (Lipinski definition) is 5. The summed E-state index contributed by atoms with van der Waals surface area (Å²) in [5.41, 5.74) is 1.78. The average molecular weight is 482 g/mol. The van der Waals surface area contributed by atoms with Crippen molar-refractivity contribution < 1.29 is 9.13 Å². The molecule has 9 heteroatoms. The molecule has 0 unspecified atom stereocenters. The molecule has 0 radical (unpaired) electrons. The van der Waals surface area contributed by atoms with Crippen LogP contribution in [0.1, 0.15) is 43.3 Å². The second kappa shape index (κ2) is 9.64. The minimum atomic E-state index is -0.441. The summed E-state index contributed by atoms with van der Waals surface area (Å²) in [6, 6.07) is 9.10. The van der Waals surface area contributed by atoms with Gasteiger partial charge < -0.3 is 4.74 Å². The van der Waals surface area contributed by atoms with Crippen molar-refractivity contribution in [2.75, 3.05) is 13.2 Å². The Morgan fingerprint density at radius 3 is 2.56 bits per heavy atom. The lowest BCUT2D eigenvalue weighted by molar-refractivity contribution is 0.0846. The van der Waals surface area contributed by atoms with Crippen molar-refractivity contribution in [3.05, 3.63) is 75.8 Å². The summed E-state index contributed by atoms with van der Waals surface area (Å²) < 4.78 is 23.3. The van der Waals surface area contributed by atoms with Gasteiger partial charge in [-0.3, -0.25) is 9.48 Å². The van der Waals surface area contributed by atoms with Crippen LogP contribution in [0.3, 0.4) is 0 Å². The predicted molar refractivity (Wildman–Crippen MR) is 128 cm³/mol. The van der Waals surface area contributed by atoms with E-state index in [-0.39, 0.29) is 11.5 Å². The van der Waals surface area contributed by atoms with Gasteiger partial charge in [0.1, 0.15) is 11.3 Å². The van der Waals surface area contributed by atoms with Crippen LogP contribution in [0.2, 0.25) is 5.02 Å². The molecule has 2 fully saturated rings. The van der Waals surface area contributed by atoms with Gasteiger partial charge in [0, 0.05) is 60.2 Å². The number of pyridine rings is 1. The minimum absolute atomic E-state index is 0.181. The minimum Gasteiger partial charge on any atom is -0.381 e. The average Bonchev–Trinajstić information content (AvgIpc) is 3.56. The molecule has 1 aliphatic heterocycles. The van der Waals surface area contributed by atoms with Crippen molar-refractivity contribution in [3.8, 4) is 11.1 Å². The molecule has 2 aliphatic rings. The molecule has 1 aliphatic carbocycles. The molecule has 1 aromatic carbocycles. The highest BCUT2D eigenvalue weighted by atomic mass is 35.5. The van der Waals surface area contributed by atoms with Crippen LogP contribution in [0.25, 0.3) is 22.0 Å². The molecule has 3 aromatic heterocycles. The number of nitrogens with zero attached hydrogens (tertiary/aromatic N) is 5. The highest BCUT2D eigenvalue weighted by molar-refractivity contribution is 6.30. The van der Waals surface area contributed by atoms with Crippen molar-refractivity contribution in [2.45, 2.75) is 37.6 Å². The van der Waals surface area contributed by atoms with Crippen LogP contribution in [-0.2, 0) is 11.8 Å². The summed E-state index contributed by atoms with van der Waals surface area (Å²) in [4.78, 5) is 17.2. The Balaban J connectivity index is 0.000000252. The highest BCUT2D eigenvalue weighted by Crippen LogP contribution is 2.35. The molecule has 4 aromatic rings. The van der Waals surface area contributed by atoms with Gasteiger partial charge in [0.25, 0.3) is 5.56 Å². The molecule has 0 amide bonds. The smallest absolute Gasteiger partial charge is 0.292 e. The van der Waals surface area contributed by atoms with Crippen LogP contribution in [0.4, 0.5) is 4.39 Å². The van der Waals surface area contributed by atoms with E-state index in [1.54, 1.807) is 25.4 Å². The highest BCUT2D eigenvalue weighted by Gasteiger charge is 2.23. The van der Waals surface area contributed by atoms with Gasteiger partial charge in [0.05, 0.1) is 12.2 Å². The second-order valence-corrected chi connectivity index (χ2v) is 9.09. The predicted octanol–water partition coefficient (Wildman–Crippen LogP) is 4.90. The Labute approximate surface area is 201 Å². The van der Waals surface area contributed by atoms with Crippen LogP contribution in [0.5, 0.6) is 0 Å². The lowest BCUT2D eigenvalue weighted by Gasteiger charge is -2.22. The third kappa shape index (κ3) is 4.74. The van der Waals surface area contributed by atoms with Crippen molar-refractivity contribution in [3.63, 3.8) is 0 Å². The molecule has 34 heavy (non-hydrogen) atoms. The number of aryl methyl sites for hydroxylation is 1. The molecule has 0 N–H and O–H groups in total. The summed E-state index contributed by atoms with van der Waals surface area (Å²) in [6.45, 7) is 1.31. The Kier molecular flexibility index (Phi) is 6.43. The molecule has 4 heterocycles. The Bertz CT molecular complexity index is 1360. The van der Waals surface area contributed by atoms with E-state index in [9.17, 15) is 9.18 Å². The normalized spacial score (nSPS) is 16.3. The number of rotatable bonds is 3. The summed E-state index contributed by atoms with van der Waals surface area (Å²) in [6.07, 6.45) is 9.71. The van der Waals surface area contributed by atoms with Gasteiger partial charge in [0.2, 0.25) is 0 Å². The van der Waals surface area contributed by atoms with E-state index in [0.717, 1.165) is 24.6 Å². The van der Waals surface area contributed by atoms with Gasteiger partial charge in [0.15, 0.2) is 0 Å². The van der Waals surface area contributed by atoms with Crippen molar-refractivity contribution in [1.82, 2.24) is 24.5 Å². The van der Waals surface area contributed by atoms with Gasteiger partial charge in [-0.25, -0.2) is 14.1 Å². The van der Waals surface area contributed by atoms with Gasteiger partial charge in [-0.05, 0) is 61.6 Å². The summed E-state index contributed by atoms with van der Waals surface area (Å²) in [7, 11) is 1.58. The van der Waals surface area contributed by atoms with E-state index in [1.807, 2.05) is 29.2 Å². The maximum Gasteiger partial charge on any atom is 0.292 e. The maximum atomic E-state index is 14.6. The SMILES string of the molecule is Cn1ncc2c(-c3ccc(Cl)cc3F)cc(C3CCOCC3)nc2c1=O.c1cnn(C2CC2)c1. The summed E-state index contributed by atoms with van der Waals surface area (Å²) in [5.74, 6) is -0.260. The number of halogens is 2. The maximum absolute atomic E-state index is 14.6. The van der Waals surface area contributed by atoms with Crippen LogP contribution >= 0.6 is 11.6 Å². The Morgan fingerprint density at radius 1 is 1.09 bits per heavy atom. The summed E-state index contributed by atoms with van der Waals surface area (Å²) >= 11 is 5.89. The fraction of sp³-hybridized carbons (Fsp3) is 0.360. The largest absolute Gasteiger partial charge is 0.381 e. The molecule has 1 saturated heterocycles. The topological polar surface area (TPSA) is 74.8 Å². The molecule has 0 spiro atoms. The van der Waals surface area contributed by atoms with Crippen LogP contribution in [0, 0.1) is 5.82 Å². The Hall–Kier alpha value is -3.10. The first kappa shape index (κ1) is 22.7. The molecule has 6 rings (SSSR count). The lowest BCUT2D eigenvalue weighted by Crippen LogP contribution is -2.22. The molecule has 0 atom stereocenters. The molecule has 0 bridgehead atoms. The number of aromatic nitrogens is 5. The van der Waals surface area contributed by atoms with E-state index < -0.39 is 5.82 Å². The van der Waals surface area contributed by atoms with E-state index in [1.165, 1.54) is 23.6 Å². The summed E-state index contributed by atoms with van der Waals surface area (Å²) in [5, 5.41) is 9.03. The zero-order chi connectivity index (χ0) is 23.7. The number of hydrogen-bond donors (Lipinski definition) is 0. The quantitative estimate of drug-likeness (QED) is 0.416. The van der Waals surface area contributed by atoms with E-state index in [0.29, 0.717) is 40.3 Å². The van der Waals surface area contributed by atoms with Crippen molar-refractivity contribution >= 4 is 22.5 Å². The van der Waals surface area contributed by atoms with Gasteiger partial charge in [-0.15, -0.1) is 0 Å². The number of benzene rings is 1. The van der Waals surface area contributed by atoms with Crippen LogP contribution in [0.15, 0.2) is 53.7 Å². The zero-order valence-corrected chi connectivity index (χ0v) is 19.6. The van der Waals surface area contributed by atoms with Crippen LogP contribution in [-0.4, -0.2) is 37.8 Å². The lowest BCUT2D eigenvalue weighted by atomic mass is 9.92. The fourth-order valence-corrected chi connectivity index (χ4v) is 4.35. The van der Waals surface area contributed by atoms with Gasteiger partial charge in [-0.2, -0.15) is 10.2 Å². The van der Waals surface area contributed by atoms with E-state index >= 15 is 0 Å². The second-order valence-electron chi connectivity index (χ2n) is 8.66. The van der Waals surface area contributed by atoms with E-state index in [4.69, 9.17) is 16.3 Å². The first-order valence-electron chi connectivity index (χ1n) is 11.4. The molecule has 7 nitrogen and oxygen atoms in total. The molecule has 176 valence electrons. The van der Waals surface area contributed by atoms with Crippen molar-refractivity contribution in [1.29, 1.82) is 0 Å². The monoisotopic (exact) mass is 481 g/mol. The van der Waals surface area contributed by atoms with Crippen molar-refractivity contribution in [2.24, 2.45) is 7.05 Å². The van der Waals surface area contributed by atoms with Gasteiger partial charge >= 0.3 is 0 Å².